The Labute approximate surface area is 79.0 Å². The molecular formula is C8H8N4O2. The number of amides is 1. The summed E-state index contributed by atoms with van der Waals surface area (Å²) >= 11 is 0. The van der Waals surface area contributed by atoms with Gasteiger partial charge in [-0.25, -0.2) is 4.63 Å². The lowest BCUT2D eigenvalue weighted by atomic mass is 10.2. The molecule has 0 unspecified atom stereocenters. The van der Waals surface area contributed by atoms with Gasteiger partial charge in [-0.15, -0.1) is 0 Å². The first-order chi connectivity index (χ1) is 6.66. The van der Waals surface area contributed by atoms with Crippen LogP contribution in [0, 0.1) is 0 Å². The molecule has 6 nitrogen and oxygen atoms in total. The number of nitrogens with one attached hydrogen (secondary N) is 1. The summed E-state index contributed by atoms with van der Waals surface area (Å²) in [5, 5.41) is 9.84. The molecule has 0 aliphatic heterocycles. The van der Waals surface area contributed by atoms with Gasteiger partial charge >= 0.3 is 0 Å². The number of nitrogens with two attached hydrogens (primary N) is 1. The van der Waals surface area contributed by atoms with Crippen molar-refractivity contribution in [3.63, 3.8) is 0 Å². The van der Waals surface area contributed by atoms with Crippen LogP contribution in [0.5, 0.6) is 0 Å². The molecule has 1 amide bonds. The molecule has 0 aliphatic carbocycles. The van der Waals surface area contributed by atoms with Gasteiger partial charge in [-0.05, 0) is 22.4 Å². The van der Waals surface area contributed by atoms with Gasteiger partial charge in [-0.1, -0.05) is 0 Å². The van der Waals surface area contributed by atoms with E-state index in [9.17, 15) is 4.79 Å². The fourth-order valence-electron chi connectivity index (χ4n) is 1.15. The molecule has 0 saturated heterocycles. The molecule has 14 heavy (non-hydrogen) atoms. The molecule has 1 aromatic heterocycles. The molecule has 0 bridgehead atoms. The molecule has 6 heteroatoms. The van der Waals surface area contributed by atoms with Crippen LogP contribution in [0.25, 0.3) is 11.0 Å². The van der Waals surface area contributed by atoms with Crippen LogP contribution in [-0.2, 0) is 4.79 Å². The van der Waals surface area contributed by atoms with Crippen LogP contribution in [0.15, 0.2) is 16.8 Å². The predicted molar refractivity (Wildman–Crippen MR) is 50.5 cm³/mol. The molecule has 3 N–H and O–H groups in total. The highest BCUT2D eigenvalue weighted by Crippen LogP contribution is 2.23. The molecule has 72 valence electrons. The number of hydrogen-bond donors (Lipinski definition) is 2. The standard InChI is InChI=1S/C8H8N4O2/c1-4(13)10-6-3-8-7(2-5(6)9)11-14-12-8/h2-3H,9H2,1H3,(H,10,13). The second-order valence-electron chi connectivity index (χ2n) is 2.87. The van der Waals surface area contributed by atoms with E-state index in [4.69, 9.17) is 5.73 Å². The molecule has 0 spiro atoms. The summed E-state index contributed by atoms with van der Waals surface area (Å²) in [5.74, 6) is -0.187. The SMILES string of the molecule is CC(=O)Nc1cc2nonc2cc1N. The van der Waals surface area contributed by atoms with E-state index in [0.29, 0.717) is 22.4 Å². The van der Waals surface area contributed by atoms with Crippen molar-refractivity contribution in [2.24, 2.45) is 0 Å². The normalized spacial score (nSPS) is 10.4. The van der Waals surface area contributed by atoms with Gasteiger partial charge in [0.25, 0.3) is 0 Å². The third kappa shape index (κ3) is 1.37. The third-order valence-electron chi connectivity index (χ3n) is 1.74. The number of hydrogen-bond acceptors (Lipinski definition) is 5. The highest BCUT2D eigenvalue weighted by molar-refractivity contribution is 5.96. The van der Waals surface area contributed by atoms with Crippen LogP contribution in [0.2, 0.25) is 0 Å². The minimum atomic E-state index is -0.187. The van der Waals surface area contributed by atoms with Crippen molar-refractivity contribution in [1.29, 1.82) is 0 Å². The van der Waals surface area contributed by atoms with Crippen LogP contribution in [-0.4, -0.2) is 16.2 Å². The van der Waals surface area contributed by atoms with E-state index < -0.39 is 0 Å². The first-order valence-electron chi connectivity index (χ1n) is 3.96. The van der Waals surface area contributed by atoms with Gasteiger partial charge in [-0.3, -0.25) is 4.79 Å². The lowest BCUT2D eigenvalue weighted by molar-refractivity contribution is -0.114. The molecule has 0 radical (unpaired) electrons. The Bertz CT molecular complexity index is 491. The van der Waals surface area contributed by atoms with Crippen LogP contribution < -0.4 is 11.1 Å². The van der Waals surface area contributed by atoms with Crippen molar-refractivity contribution in [3.05, 3.63) is 12.1 Å². The van der Waals surface area contributed by atoms with Gasteiger partial charge in [0.2, 0.25) is 5.91 Å². The Balaban J connectivity index is 2.53. The molecule has 0 fully saturated rings. The summed E-state index contributed by atoms with van der Waals surface area (Å²) in [4.78, 5) is 10.8. The Morgan fingerprint density at radius 2 is 2.07 bits per heavy atom. The number of carbonyl (C=O) groups excluding carboxylic acids is 1. The average Bonchev–Trinajstić information content (AvgIpc) is 2.51. The number of nitrogens with zero attached hydrogens (tertiary/aromatic N) is 2. The predicted octanol–water partition coefficient (Wildman–Crippen LogP) is 0.763. The maximum atomic E-state index is 10.8. The lowest BCUT2D eigenvalue weighted by Gasteiger charge is -2.04. The van der Waals surface area contributed by atoms with E-state index in [0.717, 1.165) is 0 Å². The Hall–Kier alpha value is -2.11. The number of rotatable bonds is 1. The maximum Gasteiger partial charge on any atom is 0.221 e. The van der Waals surface area contributed by atoms with Gasteiger partial charge in [-0.2, -0.15) is 0 Å². The van der Waals surface area contributed by atoms with Crippen LogP contribution in [0.1, 0.15) is 6.92 Å². The van der Waals surface area contributed by atoms with Gasteiger partial charge in [0.15, 0.2) is 0 Å². The van der Waals surface area contributed by atoms with E-state index in [1.165, 1.54) is 6.92 Å². The summed E-state index contributed by atoms with van der Waals surface area (Å²) in [7, 11) is 0. The molecule has 2 rings (SSSR count). The molecule has 1 heterocycles. The first-order valence-corrected chi connectivity index (χ1v) is 3.96. The minimum Gasteiger partial charge on any atom is -0.397 e. The molecule has 0 atom stereocenters. The van der Waals surface area contributed by atoms with E-state index in [1.807, 2.05) is 0 Å². The fourth-order valence-corrected chi connectivity index (χ4v) is 1.15. The van der Waals surface area contributed by atoms with E-state index in [-0.39, 0.29) is 5.91 Å². The summed E-state index contributed by atoms with van der Waals surface area (Å²) in [6.07, 6.45) is 0. The van der Waals surface area contributed by atoms with Gasteiger partial charge in [0, 0.05) is 6.92 Å². The zero-order valence-electron chi connectivity index (χ0n) is 7.44. The van der Waals surface area contributed by atoms with E-state index in [2.05, 4.69) is 20.3 Å². The van der Waals surface area contributed by atoms with E-state index in [1.54, 1.807) is 12.1 Å². The van der Waals surface area contributed by atoms with Gasteiger partial charge in [0.1, 0.15) is 11.0 Å². The molecule has 1 aromatic carbocycles. The van der Waals surface area contributed by atoms with Crippen molar-refractivity contribution >= 4 is 28.3 Å². The lowest BCUT2D eigenvalue weighted by Crippen LogP contribution is -2.07. The monoisotopic (exact) mass is 192 g/mol. The maximum absolute atomic E-state index is 10.8. The Kier molecular flexibility index (Phi) is 1.81. The number of carbonyl (C=O) groups is 1. The number of aromatic nitrogens is 2. The summed E-state index contributed by atoms with van der Waals surface area (Å²) < 4.78 is 4.51. The second-order valence-corrected chi connectivity index (χ2v) is 2.87. The summed E-state index contributed by atoms with van der Waals surface area (Å²) in [5.41, 5.74) is 7.74. The fraction of sp³-hybridized carbons (Fsp3) is 0.125. The molecular weight excluding hydrogens is 184 g/mol. The van der Waals surface area contributed by atoms with Crippen LogP contribution in [0.3, 0.4) is 0 Å². The number of nitrogen functional groups attached to an aromatic ring is 1. The zero-order valence-corrected chi connectivity index (χ0v) is 7.44. The van der Waals surface area contributed by atoms with Crippen LogP contribution >= 0.6 is 0 Å². The quantitative estimate of drug-likeness (QED) is 0.650. The van der Waals surface area contributed by atoms with Gasteiger partial charge in [0.05, 0.1) is 11.4 Å². The molecule has 0 aliphatic rings. The zero-order chi connectivity index (χ0) is 10.1. The van der Waals surface area contributed by atoms with Gasteiger partial charge < -0.3 is 11.1 Å². The highest BCUT2D eigenvalue weighted by atomic mass is 16.6. The number of benzene rings is 1. The topological polar surface area (TPSA) is 94.0 Å². The number of anilines is 2. The third-order valence-corrected chi connectivity index (χ3v) is 1.74. The van der Waals surface area contributed by atoms with Crippen molar-refractivity contribution in [2.75, 3.05) is 11.1 Å². The van der Waals surface area contributed by atoms with Crippen molar-refractivity contribution in [2.45, 2.75) is 6.92 Å². The largest absolute Gasteiger partial charge is 0.397 e. The van der Waals surface area contributed by atoms with Crippen LogP contribution in [0.4, 0.5) is 11.4 Å². The highest BCUT2D eigenvalue weighted by Gasteiger charge is 2.06. The summed E-state index contributed by atoms with van der Waals surface area (Å²) in [6.45, 7) is 1.41. The smallest absolute Gasteiger partial charge is 0.221 e. The minimum absolute atomic E-state index is 0.187. The molecule has 0 saturated carbocycles. The van der Waals surface area contributed by atoms with Crippen molar-refractivity contribution in [1.82, 2.24) is 10.3 Å². The second kappa shape index (κ2) is 2.99. The van der Waals surface area contributed by atoms with Crippen molar-refractivity contribution in [3.8, 4) is 0 Å². The Morgan fingerprint density at radius 3 is 2.71 bits per heavy atom. The van der Waals surface area contributed by atoms with Crippen molar-refractivity contribution < 1.29 is 9.42 Å². The average molecular weight is 192 g/mol. The van der Waals surface area contributed by atoms with E-state index >= 15 is 0 Å². The number of fused-ring (bicyclic) bond motifs is 1. The summed E-state index contributed by atoms with van der Waals surface area (Å²) in [6, 6.07) is 3.21. The molecule has 2 aromatic rings. The Morgan fingerprint density at radius 1 is 1.43 bits per heavy atom. The first kappa shape index (κ1) is 8.49.